The molecule has 0 radical (unpaired) electrons. The standard InChI is InChI=1S/C16H23ClN2O2/c1-12-7-13(9-14(17)8-12)15(20)19-10-16(11-21-2)3-5-18-6-4-16/h7-9,18H,3-6,10-11H2,1-2H3,(H,19,20). The Labute approximate surface area is 131 Å². The fourth-order valence-corrected chi connectivity index (χ4v) is 3.16. The molecular weight excluding hydrogens is 288 g/mol. The van der Waals surface area contributed by atoms with Crippen molar-refractivity contribution in [1.82, 2.24) is 10.6 Å². The number of piperidine rings is 1. The lowest BCUT2D eigenvalue weighted by molar-refractivity contribution is 0.0511. The van der Waals surface area contributed by atoms with Gasteiger partial charge in [0.1, 0.15) is 0 Å². The third kappa shape index (κ3) is 4.43. The van der Waals surface area contributed by atoms with Crippen LogP contribution in [0.15, 0.2) is 18.2 Å². The molecule has 1 fully saturated rings. The Morgan fingerprint density at radius 1 is 1.38 bits per heavy atom. The van der Waals surface area contributed by atoms with Crippen LogP contribution in [0, 0.1) is 12.3 Å². The summed E-state index contributed by atoms with van der Waals surface area (Å²) in [6.07, 6.45) is 2.02. The summed E-state index contributed by atoms with van der Waals surface area (Å²) in [5.74, 6) is -0.0744. The van der Waals surface area contributed by atoms with Crippen molar-refractivity contribution in [3.63, 3.8) is 0 Å². The Morgan fingerprint density at radius 2 is 2.10 bits per heavy atom. The first-order valence-corrected chi connectivity index (χ1v) is 7.67. The molecule has 0 aromatic heterocycles. The molecule has 0 saturated carbocycles. The highest BCUT2D eigenvalue weighted by Gasteiger charge is 2.32. The summed E-state index contributed by atoms with van der Waals surface area (Å²) in [4.78, 5) is 12.3. The quantitative estimate of drug-likeness (QED) is 0.878. The molecule has 1 aromatic carbocycles. The summed E-state index contributed by atoms with van der Waals surface area (Å²) in [6, 6.07) is 5.40. The van der Waals surface area contributed by atoms with E-state index in [1.165, 1.54) is 0 Å². The van der Waals surface area contributed by atoms with Crippen LogP contribution in [0.1, 0.15) is 28.8 Å². The molecule has 21 heavy (non-hydrogen) atoms. The van der Waals surface area contributed by atoms with E-state index in [2.05, 4.69) is 10.6 Å². The van der Waals surface area contributed by atoms with Crippen LogP contribution in [0.4, 0.5) is 0 Å². The van der Waals surface area contributed by atoms with Gasteiger partial charge in [-0.1, -0.05) is 11.6 Å². The summed E-state index contributed by atoms with van der Waals surface area (Å²) in [5, 5.41) is 6.98. The Hall–Kier alpha value is -1.10. The third-order valence-electron chi connectivity index (χ3n) is 4.04. The van der Waals surface area contributed by atoms with Gasteiger partial charge < -0.3 is 15.4 Å². The van der Waals surface area contributed by atoms with Crippen molar-refractivity contribution in [2.24, 2.45) is 5.41 Å². The molecule has 2 rings (SSSR count). The van der Waals surface area contributed by atoms with Gasteiger partial charge in [-0.05, 0) is 56.6 Å². The highest BCUT2D eigenvalue weighted by Crippen LogP contribution is 2.28. The van der Waals surface area contributed by atoms with Crippen molar-refractivity contribution in [3.8, 4) is 0 Å². The van der Waals surface area contributed by atoms with Crippen molar-refractivity contribution >= 4 is 17.5 Å². The van der Waals surface area contributed by atoms with Crippen LogP contribution in [0.2, 0.25) is 5.02 Å². The number of halogens is 1. The maximum Gasteiger partial charge on any atom is 0.251 e. The molecule has 0 spiro atoms. The largest absolute Gasteiger partial charge is 0.384 e. The zero-order chi connectivity index (χ0) is 15.3. The van der Waals surface area contributed by atoms with Crippen LogP contribution in [0.3, 0.4) is 0 Å². The average Bonchev–Trinajstić information content (AvgIpc) is 2.45. The predicted molar refractivity (Wildman–Crippen MR) is 84.9 cm³/mol. The van der Waals surface area contributed by atoms with Crippen LogP contribution >= 0.6 is 11.6 Å². The summed E-state index contributed by atoms with van der Waals surface area (Å²) in [5.41, 5.74) is 1.63. The maximum absolute atomic E-state index is 12.3. The van der Waals surface area contributed by atoms with Gasteiger partial charge in [0.15, 0.2) is 0 Å². The molecule has 0 bridgehead atoms. The third-order valence-corrected chi connectivity index (χ3v) is 4.26. The van der Waals surface area contributed by atoms with E-state index in [0.717, 1.165) is 31.5 Å². The van der Waals surface area contributed by atoms with Crippen LogP contribution in [-0.2, 0) is 4.74 Å². The monoisotopic (exact) mass is 310 g/mol. The Morgan fingerprint density at radius 3 is 2.71 bits per heavy atom. The number of benzene rings is 1. The zero-order valence-corrected chi connectivity index (χ0v) is 13.4. The smallest absolute Gasteiger partial charge is 0.251 e. The molecule has 1 aliphatic rings. The predicted octanol–water partition coefficient (Wildman–Crippen LogP) is 2.39. The Balaban J connectivity index is 2.01. The Bertz CT molecular complexity index is 473. The number of rotatable bonds is 5. The fourth-order valence-electron chi connectivity index (χ4n) is 2.87. The summed E-state index contributed by atoms with van der Waals surface area (Å²) >= 11 is 6.01. The van der Waals surface area contributed by atoms with E-state index in [0.29, 0.717) is 23.7 Å². The molecule has 0 aliphatic carbocycles. The molecule has 0 unspecified atom stereocenters. The van der Waals surface area contributed by atoms with Gasteiger partial charge in [0.25, 0.3) is 5.91 Å². The number of ether oxygens (including phenoxy) is 1. The first kappa shape index (κ1) is 16.3. The highest BCUT2D eigenvalue weighted by molar-refractivity contribution is 6.31. The molecule has 1 saturated heterocycles. The van der Waals surface area contributed by atoms with Gasteiger partial charge in [-0.3, -0.25) is 4.79 Å². The second-order valence-corrected chi connectivity index (χ2v) is 6.32. The molecule has 1 aromatic rings. The number of carbonyl (C=O) groups excluding carboxylic acids is 1. The number of nitrogens with one attached hydrogen (secondary N) is 2. The summed E-state index contributed by atoms with van der Waals surface area (Å²) in [7, 11) is 1.71. The fraction of sp³-hybridized carbons (Fsp3) is 0.562. The van der Waals surface area contributed by atoms with Crippen LogP contribution in [0.25, 0.3) is 0 Å². The van der Waals surface area contributed by atoms with E-state index in [4.69, 9.17) is 16.3 Å². The lowest BCUT2D eigenvalue weighted by Gasteiger charge is -2.37. The van der Waals surface area contributed by atoms with E-state index in [1.54, 1.807) is 13.2 Å². The lowest BCUT2D eigenvalue weighted by Crippen LogP contribution is -2.47. The van der Waals surface area contributed by atoms with Gasteiger partial charge in [-0.2, -0.15) is 0 Å². The minimum Gasteiger partial charge on any atom is -0.384 e. The summed E-state index contributed by atoms with van der Waals surface area (Å²) < 4.78 is 5.36. The van der Waals surface area contributed by atoms with Gasteiger partial charge >= 0.3 is 0 Å². The number of aryl methyl sites for hydroxylation is 1. The highest BCUT2D eigenvalue weighted by atomic mass is 35.5. The van der Waals surface area contributed by atoms with E-state index in [-0.39, 0.29) is 11.3 Å². The van der Waals surface area contributed by atoms with Crippen molar-refractivity contribution in [1.29, 1.82) is 0 Å². The maximum atomic E-state index is 12.3. The van der Waals surface area contributed by atoms with E-state index in [9.17, 15) is 4.79 Å². The normalized spacial score (nSPS) is 17.5. The zero-order valence-electron chi connectivity index (χ0n) is 12.7. The van der Waals surface area contributed by atoms with Crippen molar-refractivity contribution in [2.75, 3.05) is 33.4 Å². The minimum absolute atomic E-state index is 0.0310. The van der Waals surface area contributed by atoms with Crippen LogP contribution < -0.4 is 10.6 Å². The van der Waals surface area contributed by atoms with Gasteiger partial charge in [0.05, 0.1) is 6.61 Å². The molecule has 5 heteroatoms. The van der Waals surface area contributed by atoms with Crippen molar-refractivity contribution in [2.45, 2.75) is 19.8 Å². The van der Waals surface area contributed by atoms with Gasteiger partial charge in [-0.15, -0.1) is 0 Å². The number of carbonyl (C=O) groups is 1. The molecular formula is C16H23ClN2O2. The molecule has 116 valence electrons. The first-order chi connectivity index (χ1) is 10.0. The number of hydrogen-bond donors (Lipinski definition) is 2. The lowest BCUT2D eigenvalue weighted by atomic mass is 9.79. The Kier molecular flexibility index (Phi) is 5.62. The molecule has 2 N–H and O–H groups in total. The average molecular weight is 311 g/mol. The van der Waals surface area contributed by atoms with E-state index in [1.807, 2.05) is 19.1 Å². The van der Waals surface area contributed by atoms with Gasteiger partial charge in [-0.25, -0.2) is 0 Å². The SMILES string of the molecule is COCC1(CNC(=O)c2cc(C)cc(Cl)c2)CCNCC1. The number of hydrogen-bond acceptors (Lipinski definition) is 3. The van der Waals surface area contributed by atoms with Gasteiger partial charge in [0.2, 0.25) is 0 Å². The van der Waals surface area contributed by atoms with E-state index >= 15 is 0 Å². The van der Waals surface area contributed by atoms with Gasteiger partial charge in [0, 0.05) is 29.7 Å². The van der Waals surface area contributed by atoms with Crippen LogP contribution in [0.5, 0.6) is 0 Å². The summed E-state index contributed by atoms with van der Waals surface area (Å²) in [6.45, 7) is 5.17. The topological polar surface area (TPSA) is 50.4 Å². The second-order valence-electron chi connectivity index (χ2n) is 5.88. The molecule has 1 aliphatic heterocycles. The number of amides is 1. The van der Waals surface area contributed by atoms with E-state index < -0.39 is 0 Å². The van der Waals surface area contributed by atoms with Crippen molar-refractivity contribution in [3.05, 3.63) is 34.3 Å². The molecule has 4 nitrogen and oxygen atoms in total. The number of methoxy groups -OCH3 is 1. The van der Waals surface area contributed by atoms with Crippen molar-refractivity contribution < 1.29 is 9.53 Å². The molecule has 1 amide bonds. The molecule has 0 atom stereocenters. The minimum atomic E-state index is -0.0744. The second kappa shape index (κ2) is 7.25. The molecule has 1 heterocycles. The first-order valence-electron chi connectivity index (χ1n) is 7.30. The van der Waals surface area contributed by atoms with Crippen LogP contribution in [-0.4, -0.2) is 39.3 Å².